The minimum atomic E-state index is -1.25. The Bertz CT molecular complexity index is 474. The molecule has 1 unspecified atom stereocenters. The van der Waals surface area contributed by atoms with Crippen LogP contribution >= 0.6 is 0 Å². The number of nitrogens with two attached hydrogens (primary N) is 1. The highest BCUT2D eigenvalue weighted by molar-refractivity contribution is 5.96. The average Bonchev–Trinajstić information content (AvgIpc) is 2.41. The van der Waals surface area contributed by atoms with E-state index in [-0.39, 0.29) is 6.54 Å². The number of aliphatic hydroxyl groups is 1. The molecule has 0 saturated heterocycles. The van der Waals surface area contributed by atoms with Crippen molar-refractivity contribution in [3.8, 4) is 11.5 Å². The molecule has 0 bridgehead atoms. The zero-order valence-corrected chi connectivity index (χ0v) is 11.6. The number of nitrogens with one attached hydrogen (secondary N) is 1. The van der Waals surface area contributed by atoms with Gasteiger partial charge in [0.1, 0.15) is 17.6 Å². The molecule has 1 aromatic carbocycles. The SMILES string of the molecule is COc1cc(NC(=O)C(O)CN)c(OC)c(C)c1C. The topological polar surface area (TPSA) is 93.8 Å². The maximum absolute atomic E-state index is 11.7. The monoisotopic (exact) mass is 268 g/mol. The smallest absolute Gasteiger partial charge is 0.254 e. The molecule has 0 heterocycles. The first-order chi connectivity index (χ1) is 8.96. The molecule has 0 fully saturated rings. The molecule has 1 amide bonds. The number of aliphatic hydroxyl groups excluding tert-OH is 1. The second-order valence-electron chi connectivity index (χ2n) is 4.15. The third-order valence-electron chi connectivity index (χ3n) is 3.00. The average molecular weight is 268 g/mol. The molecule has 0 aliphatic heterocycles. The van der Waals surface area contributed by atoms with Gasteiger partial charge in [-0.05, 0) is 25.0 Å². The van der Waals surface area contributed by atoms with Crippen LogP contribution in [0.2, 0.25) is 0 Å². The quantitative estimate of drug-likeness (QED) is 0.726. The molecule has 19 heavy (non-hydrogen) atoms. The van der Waals surface area contributed by atoms with Crippen molar-refractivity contribution in [3.63, 3.8) is 0 Å². The zero-order valence-electron chi connectivity index (χ0n) is 11.6. The molecule has 0 aliphatic carbocycles. The van der Waals surface area contributed by atoms with Gasteiger partial charge < -0.3 is 25.6 Å². The van der Waals surface area contributed by atoms with Crippen LogP contribution in [-0.2, 0) is 4.79 Å². The first-order valence-electron chi connectivity index (χ1n) is 5.87. The molecular weight excluding hydrogens is 248 g/mol. The Kier molecular flexibility index (Phi) is 5.14. The van der Waals surface area contributed by atoms with E-state index in [1.165, 1.54) is 7.11 Å². The highest BCUT2D eigenvalue weighted by atomic mass is 16.5. The first-order valence-corrected chi connectivity index (χ1v) is 5.87. The minimum absolute atomic E-state index is 0.143. The van der Waals surface area contributed by atoms with Gasteiger partial charge in [-0.25, -0.2) is 0 Å². The van der Waals surface area contributed by atoms with Gasteiger partial charge in [-0.3, -0.25) is 4.79 Å². The molecule has 0 radical (unpaired) electrons. The molecule has 1 rings (SSSR count). The Labute approximate surface area is 112 Å². The Morgan fingerprint density at radius 2 is 2.00 bits per heavy atom. The summed E-state index contributed by atoms with van der Waals surface area (Å²) in [5.74, 6) is 0.595. The van der Waals surface area contributed by atoms with E-state index in [9.17, 15) is 9.90 Å². The fraction of sp³-hybridized carbons (Fsp3) is 0.462. The molecule has 0 aromatic heterocycles. The Morgan fingerprint density at radius 3 is 2.47 bits per heavy atom. The van der Waals surface area contributed by atoms with Crippen LogP contribution in [0.25, 0.3) is 0 Å². The van der Waals surface area contributed by atoms with E-state index in [2.05, 4.69) is 5.32 Å². The third-order valence-corrected chi connectivity index (χ3v) is 3.00. The van der Waals surface area contributed by atoms with E-state index in [1.807, 2.05) is 13.8 Å². The van der Waals surface area contributed by atoms with Crippen molar-refractivity contribution in [1.29, 1.82) is 0 Å². The number of ether oxygens (including phenoxy) is 2. The van der Waals surface area contributed by atoms with Crippen molar-refractivity contribution in [1.82, 2.24) is 0 Å². The number of benzene rings is 1. The van der Waals surface area contributed by atoms with Crippen molar-refractivity contribution in [3.05, 3.63) is 17.2 Å². The number of methoxy groups -OCH3 is 2. The number of carbonyl (C=O) groups is 1. The number of carbonyl (C=O) groups excluding carboxylic acids is 1. The normalized spacial score (nSPS) is 11.9. The molecule has 0 spiro atoms. The van der Waals surface area contributed by atoms with Gasteiger partial charge in [-0.15, -0.1) is 0 Å². The highest BCUT2D eigenvalue weighted by Crippen LogP contribution is 2.36. The lowest BCUT2D eigenvalue weighted by molar-refractivity contribution is -0.123. The number of rotatable bonds is 5. The Morgan fingerprint density at radius 1 is 1.37 bits per heavy atom. The maximum Gasteiger partial charge on any atom is 0.254 e. The maximum atomic E-state index is 11.7. The van der Waals surface area contributed by atoms with Crippen molar-refractivity contribution < 1.29 is 19.4 Å². The van der Waals surface area contributed by atoms with E-state index in [4.69, 9.17) is 15.2 Å². The number of anilines is 1. The summed E-state index contributed by atoms with van der Waals surface area (Å²) < 4.78 is 10.5. The third kappa shape index (κ3) is 3.15. The largest absolute Gasteiger partial charge is 0.496 e. The number of hydrogen-bond acceptors (Lipinski definition) is 5. The summed E-state index contributed by atoms with van der Waals surface area (Å²) >= 11 is 0. The predicted molar refractivity (Wildman–Crippen MR) is 72.7 cm³/mol. The van der Waals surface area contributed by atoms with Crippen molar-refractivity contribution in [2.75, 3.05) is 26.1 Å². The van der Waals surface area contributed by atoms with Gasteiger partial charge in [-0.2, -0.15) is 0 Å². The van der Waals surface area contributed by atoms with Crippen molar-refractivity contribution in [2.24, 2.45) is 5.73 Å². The van der Waals surface area contributed by atoms with E-state index < -0.39 is 12.0 Å². The van der Waals surface area contributed by atoms with Crippen LogP contribution in [0.5, 0.6) is 11.5 Å². The summed E-state index contributed by atoms with van der Waals surface area (Å²) in [6, 6.07) is 1.66. The van der Waals surface area contributed by atoms with Gasteiger partial charge in [-0.1, -0.05) is 0 Å². The summed E-state index contributed by atoms with van der Waals surface area (Å²) in [6.45, 7) is 3.62. The molecular formula is C13H20N2O4. The lowest BCUT2D eigenvalue weighted by atomic mass is 10.1. The fourth-order valence-electron chi connectivity index (χ4n) is 1.75. The summed E-state index contributed by atoms with van der Waals surface area (Å²) in [5, 5.41) is 12.0. The summed E-state index contributed by atoms with van der Waals surface area (Å²) in [7, 11) is 3.07. The Balaban J connectivity index is 3.19. The molecule has 6 nitrogen and oxygen atoms in total. The summed E-state index contributed by atoms with van der Waals surface area (Å²) in [6.07, 6.45) is -1.25. The molecule has 1 aromatic rings. The van der Waals surface area contributed by atoms with E-state index in [0.29, 0.717) is 17.2 Å². The summed E-state index contributed by atoms with van der Waals surface area (Å²) in [5.41, 5.74) is 7.47. The van der Waals surface area contributed by atoms with Crippen LogP contribution in [0.15, 0.2) is 6.07 Å². The Hall–Kier alpha value is -1.79. The number of hydrogen-bond donors (Lipinski definition) is 3. The highest BCUT2D eigenvalue weighted by Gasteiger charge is 2.18. The second-order valence-corrected chi connectivity index (χ2v) is 4.15. The van der Waals surface area contributed by atoms with Gasteiger partial charge >= 0.3 is 0 Å². The molecule has 1 atom stereocenters. The van der Waals surface area contributed by atoms with Crippen LogP contribution in [-0.4, -0.2) is 37.9 Å². The van der Waals surface area contributed by atoms with Gasteiger partial charge in [0.25, 0.3) is 5.91 Å². The zero-order chi connectivity index (χ0) is 14.6. The van der Waals surface area contributed by atoms with Gasteiger partial charge in [0.05, 0.1) is 19.9 Å². The molecule has 6 heteroatoms. The molecule has 0 saturated carbocycles. The molecule has 106 valence electrons. The lowest BCUT2D eigenvalue weighted by Crippen LogP contribution is -2.34. The first kappa shape index (κ1) is 15.3. The van der Waals surface area contributed by atoms with E-state index >= 15 is 0 Å². The molecule has 4 N–H and O–H groups in total. The van der Waals surface area contributed by atoms with E-state index in [1.54, 1.807) is 13.2 Å². The number of amides is 1. The second kappa shape index (κ2) is 6.40. The van der Waals surface area contributed by atoms with E-state index in [0.717, 1.165) is 11.1 Å². The van der Waals surface area contributed by atoms with Crippen LogP contribution in [0.4, 0.5) is 5.69 Å². The van der Waals surface area contributed by atoms with Gasteiger partial charge in [0.15, 0.2) is 0 Å². The minimum Gasteiger partial charge on any atom is -0.496 e. The van der Waals surface area contributed by atoms with Gasteiger partial charge in [0.2, 0.25) is 0 Å². The summed E-state index contributed by atoms with van der Waals surface area (Å²) in [4.78, 5) is 11.7. The predicted octanol–water partition coefficient (Wildman–Crippen LogP) is 0.579. The van der Waals surface area contributed by atoms with Crippen LogP contribution < -0.4 is 20.5 Å². The standard InChI is InChI=1S/C13H20N2O4/c1-7-8(2)12(19-4)9(5-11(7)18-3)15-13(17)10(16)6-14/h5,10,16H,6,14H2,1-4H3,(H,15,17). The van der Waals surface area contributed by atoms with Gasteiger partial charge in [0, 0.05) is 12.6 Å². The van der Waals surface area contributed by atoms with Crippen LogP contribution in [0.3, 0.4) is 0 Å². The van der Waals surface area contributed by atoms with Crippen LogP contribution in [0.1, 0.15) is 11.1 Å². The fourth-order valence-corrected chi connectivity index (χ4v) is 1.75. The van der Waals surface area contributed by atoms with Crippen molar-refractivity contribution in [2.45, 2.75) is 20.0 Å². The molecule has 0 aliphatic rings. The van der Waals surface area contributed by atoms with Crippen LogP contribution in [0, 0.1) is 13.8 Å². The lowest BCUT2D eigenvalue weighted by Gasteiger charge is -2.18. The van der Waals surface area contributed by atoms with Crippen molar-refractivity contribution >= 4 is 11.6 Å².